The van der Waals surface area contributed by atoms with E-state index in [1.165, 1.54) is 58.5 Å². The van der Waals surface area contributed by atoms with Crippen molar-refractivity contribution in [3.8, 4) is 0 Å². The van der Waals surface area contributed by atoms with E-state index >= 15 is 0 Å². The molecule has 1 unspecified atom stereocenters. The van der Waals surface area contributed by atoms with Gasteiger partial charge in [-0.25, -0.2) is 14.4 Å². The van der Waals surface area contributed by atoms with E-state index in [1.54, 1.807) is 35.9 Å². The molecule has 0 aromatic heterocycles. The average molecular weight is 797 g/mol. The molecule has 6 rings (SSSR count). The van der Waals surface area contributed by atoms with Gasteiger partial charge in [0.25, 0.3) is 0 Å². The third-order valence-electron chi connectivity index (χ3n) is 8.48. The van der Waals surface area contributed by atoms with Crippen LogP contribution >= 0.6 is 24.2 Å². The number of fused-ring (bicyclic) bond motifs is 2. The second-order valence-electron chi connectivity index (χ2n) is 12.6. The number of hydrogen-bond donors (Lipinski definition) is 3. The first kappa shape index (κ1) is 44.5. The van der Waals surface area contributed by atoms with Gasteiger partial charge in [-0.3, -0.25) is 0 Å². The topological polar surface area (TPSA) is 116 Å². The Morgan fingerprint density at radius 1 is 0.836 bits per heavy atom. The molecule has 2 aliphatic heterocycles. The van der Waals surface area contributed by atoms with E-state index in [-0.39, 0.29) is 25.1 Å². The lowest BCUT2D eigenvalue weighted by Gasteiger charge is -2.30. The first-order valence-electron chi connectivity index (χ1n) is 17.3. The highest BCUT2D eigenvalue weighted by molar-refractivity contribution is 7.99. The molecule has 3 N–H and O–H groups in total. The predicted octanol–water partition coefficient (Wildman–Crippen LogP) is 8.90. The standard InChI is InChI=1S/C19H20F3NO2.C19H19NS.C4H4O4.ClH/c1-14(12-15-6-5-9-17(13-15)19(20,21)22)23-10-11-25-18(24)16-7-3-2-4-8-16;1-20-12-10-14(11-13-20)19-15-6-2-4-8-17(15)21-18-9-5-3-7-16(18)19;5-3(6)1-2-4(7)8;/h2-9,13-14,23H,10-12H2,1H3;2-9H,10-13H2,1H3;1-2H,(H,5,6)(H,7,8);1H. The summed E-state index contributed by atoms with van der Waals surface area (Å²) in [5.41, 5.74) is 6.45. The molecule has 1 fully saturated rings. The minimum absolute atomic E-state index is 0. The highest BCUT2D eigenvalue weighted by Crippen LogP contribution is 2.47. The van der Waals surface area contributed by atoms with Gasteiger partial charge in [0.05, 0.1) is 11.1 Å². The van der Waals surface area contributed by atoms with Crippen molar-refractivity contribution in [3.05, 3.63) is 149 Å². The number of hydrogen-bond acceptors (Lipinski definition) is 7. The van der Waals surface area contributed by atoms with Crippen molar-refractivity contribution in [2.24, 2.45) is 0 Å². The normalized spacial score (nSPS) is 14.1. The number of halogens is 4. The lowest BCUT2D eigenvalue weighted by atomic mass is 9.88. The number of likely N-dealkylation sites (tertiary alicyclic amines) is 1. The second kappa shape index (κ2) is 21.9. The fourth-order valence-electron chi connectivity index (χ4n) is 5.86. The highest BCUT2D eigenvalue weighted by atomic mass is 35.5. The quantitative estimate of drug-likeness (QED) is 0.0764. The van der Waals surface area contributed by atoms with E-state index in [1.807, 2.05) is 24.8 Å². The van der Waals surface area contributed by atoms with Gasteiger partial charge in [-0.05, 0) is 85.8 Å². The summed E-state index contributed by atoms with van der Waals surface area (Å²) in [7, 11) is 2.22. The molecule has 13 heteroatoms. The summed E-state index contributed by atoms with van der Waals surface area (Å²) in [5, 5.41) is 18.8. The number of alkyl halides is 3. The molecule has 0 amide bonds. The van der Waals surface area contributed by atoms with Crippen LogP contribution in [-0.2, 0) is 26.9 Å². The molecule has 4 aromatic carbocycles. The maximum absolute atomic E-state index is 12.7. The van der Waals surface area contributed by atoms with Gasteiger partial charge < -0.3 is 25.2 Å². The first-order chi connectivity index (χ1) is 25.8. The Bertz CT molecular complexity index is 1880. The Labute approximate surface area is 329 Å². The summed E-state index contributed by atoms with van der Waals surface area (Å²) < 4.78 is 43.3. The van der Waals surface area contributed by atoms with E-state index < -0.39 is 29.6 Å². The van der Waals surface area contributed by atoms with Crippen LogP contribution in [0.15, 0.2) is 131 Å². The number of ether oxygens (including phenoxy) is 1. The molecule has 8 nitrogen and oxygen atoms in total. The SMILES string of the molecule is CC(Cc1cccc(C(F)(F)F)c1)NCCOC(=O)c1ccccc1.CN1CCC(=C2c3ccccc3Sc3ccccc32)CC1.Cl.O=C(O)C=CC(=O)O. The number of piperidine rings is 1. The predicted molar refractivity (Wildman–Crippen MR) is 211 cm³/mol. The largest absolute Gasteiger partial charge is 0.478 e. The molecule has 0 aliphatic carbocycles. The molecule has 1 atom stereocenters. The Morgan fingerprint density at radius 3 is 1.93 bits per heavy atom. The fourth-order valence-corrected chi connectivity index (χ4v) is 6.95. The van der Waals surface area contributed by atoms with Crippen LogP contribution in [-0.4, -0.2) is 72.4 Å². The van der Waals surface area contributed by atoms with E-state index in [0.717, 1.165) is 12.1 Å². The van der Waals surface area contributed by atoms with Gasteiger partial charge in [0.2, 0.25) is 0 Å². The zero-order valence-electron chi connectivity index (χ0n) is 30.4. The van der Waals surface area contributed by atoms with Crippen LogP contribution in [0.25, 0.3) is 5.57 Å². The maximum atomic E-state index is 12.7. The number of carbonyl (C=O) groups is 3. The second-order valence-corrected chi connectivity index (χ2v) is 13.7. The zero-order chi connectivity index (χ0) is 39.1. The van der Waals surface area contributed by atoms with E-state index in [2.05, 4.69) is 65.8 Å². The van der Waals surface area contributed by atoms with Gasteiger partial charge in [-0.2, -0.15) is 13.2 Å². The number of rotatable bonds is 9. The van der Waals surface area contributed by atoms with E-state index in [0.29, 0.717) is 36.2 Å². The molecular formula is C42H44ClF3N2O6S. The molecule has 2 aliphatic rings. The number of carboxylic acid groups (broad SMARTS) is 2. The Morgan fingerprint density at radius 2 is 1.38 bits per heavy atom. The number of carbonyl (C=O) groups excluding carboxylic acids is 1. The fraction of sp³-hybridized carbons (Fsp3) is 0.262. The van der Waals surface area contributed by atoms with Crippen LogP contribution in [0.4, 0.5) is 13.2 Å². The number of aliphatic carboxylic acids is 2. The summed E-state index contributed by atoms with van der Waals surface area (Å²) in [6, 6.07) is 31.7. The van der Waals surface area contributed by atoms with Gasteiger partial charge in [-0.15, -0.1) is 12.4 Å². The number of carboxylic acids is 2. The molecule has 292 valence electrons. The van der Waals surface area contributed by atoms with Crippen molar-refractivity contribution in [3.63, 3.8) is 0 Å². The van der Waals surface area contributed by atoms with Crippen LogP contribution < -0.4 is 5.32 Å². The molecule has 0 radical (unpaired) electrons. The Balaban J connectivity index is 0.000000245. The zero-order valence-corrected chi connectivity index (χ0v) is 32.1. The van der Waals surface area contributed by atoms with Gasteiger partial charge in [0.1, 0.15) is 6.61 Å². The van der Waals surface area contributed by atoms with Crippen LogP contribution in [0.5, 0.6) is 0 Å². The maximum Gasteiger partial charge on any atom is 0.416 e. The minimum atomic E-state index is -4.34. The van der Waals surface area contributed by atoms with Crippen molar-refractivity contribution in [1.82, 2.24) is 10.2 Å². The number of benzene rings is 4. The van der Waals surface area contributed by atoms with E-state index in [4.69, 9.17) is 14.9 Å². The molecule has 55 heavy (non-hydrogen) atoms. The Hall–Kier alpha value is -4.88. The monoisotopic (exact) mass is 796 g/mol. The minimum Gasteiger partial charge on any atom is -0.478 e. The molecule has 2 heterocycles. The van der Waals surface area contributed by atoms with Crippen LogP contribution in [0.2, 0.25) is 0 Å². The highest BCUT2D eigenvalue weighted by Gasteiger charge is 2.30. The summed E-state index contributed by atoms with van der Waals surface area (Å²) >= 11 is 1.91. The number of nitrogens with one attached hydrogen (secondary N) is 1. The molecule has 4 aromatic rings. The summed E-state index contributed by atoms with van der Waals surface area (Å²) in [4.78, 5) is 36.1. The average Bonchev–Trinajstić information content (AvgIpc) is 3.16. The lowest BCUT2D eigenvalue weighted by molar-refractivity contribution is -0.137. The number of esters is 1. The van der Waals surface area contributed by atoms with Crippen molar-refractivity contribution >= 4 is 47.6 Å². The smallest absolute Gasteiger partial charge is 0.416 e. The van der Waals surface area contributed by atoms with Crippen molar-refractivity contribution in [2.45, 2.75) is 48.2 Å². The van der Waals surface area contributed by atoms with Gasteiger partial charge in [-0.1, -0.05) is 90.1 Å². The lowest BCUT2D eigenvalue weighted by Crippen LogP contribution is -2.31. The molecule has 0 saturated carbocycles. The molecule has 0 bridgehead atoms. The van der Waals surface area contributed by atoms with Crippen LogP contribution in [0.1, 0.15) is 52.4 Å². The first-order valence-corrected chi connectivity index (χ1v) is 18.2. The van der Waals surface area contributed by atoms with E-state index in [9.17, 15) is 27.6 Å². The molecular weight excluding hydrogens is 753 g/mol. The van der Waals surface area contributed by atoms with Crippen molar-refractivity contribution < 1.29 is 42.5 Å². The van der Waals surface area contributed by atoms with Crippen molar-refractivity contribution in [2.75, 3.05) is 33.3 Å². The summed E-state index contributed by atoms with van der Waals surface area (Å²) in [6.07, 6.45) is -0.377. The third kappa shape index (κ3) is 14.4. The van der Waals surface area contributed by atoms with Crippen molar-refractivity contribution in [1.29, 1.82) is 0 Å². The van der Waals surface area contributed by atoms with Gasteiger partial charge in [0.15, 0.2) is 0 Å². The van der Waals surface area contributed by atoms with Gasteiger partial charge >= 0.3 is 24.1 Å². The van der Waals surface area contributed by atoms with Gasteiger partial charge in [0, 0.05) is 47.6 Å². The Kier molecular flexibility index (Phi) is 17.7. The van der Waals surface area contributed by atoms with Crippen LogP contribution in [0, 0.1) is 0 Å². The number of nitrogens with zero attached hydrogens (tertiary/aromatic N) is 1. The summed E-state index contributed by atoms with van der Waals surface area (Å²) in [6.45, 7) is 4.85. The third-order valence-corrected chi connectivity index (χ3v) is 9.63. The summed E-state index contributed by atoms with van der Waals surface area (Å²) in [5.74, 6) is -2.91. The molecule has 0 spiro atoms. The van der Waals surface area contributed by atoms with Crippen LogP contribution in [0.3, 0.4) is 0 Å². The molecule has 1 saturated heterocycles.